The molecule has 2 rings (SSSR count). The molecular formula is C12H20N2O3S. The summed E-state index contributed by atoms with van der Waals surface area (Å²) in [7, 11) is 0.0412. The van der Waals surface area contributed by atoms with Crippen LogP contribution < -0.4 is 10.6 Å². The average Bonchev–Trinajstić information content (AvgIpc) is 2.30. The first-order chi connectivity index (χ1) is 8.49. The maximum atomic E-state index is 10.4. The lowest BCUT2D eigenvalue weighted by Crippen LogP contribution is -2.52. The van der Waals surface area contributed by atoms with Crippen LogP contribution in [0.3, 0.4) is 0 Å². The molecule has 2 atom stereocenters. The fraction of sp³-hybridized carbons (Fsp3) is 0.500. The van der Waals surface area contributed by atoms with Crippen LogP contribution in [0, 0.1) is 0 Å². The van der Waals surface area contributed by atoms with Crippen molar-refractivity contribution in [2.24, 2.45) is 0 Å². The highest BCUT2D eigenvalue weighted by molar-refractivity contribution is 7.85. The molecule has 0 aromatic heterocycles. The third-order valence-corrected chi connectivity index (χ3v) is 3.92. The summed E-state index contributed by atoms with van der Waals surface area (Å²) in [5, 5.41) is 6.48. The summed E-state index contributed by atoms with van der Waals surface area (Å²) in [6, 6.07) is 8.89. The van der Waals surface area contributed by atoms with Gasteiger partial charge in [0.05, 0.1) is 4.90 Å². The van der Waals surface area contributed by atoms with E-state index < -0.39 is 10.1 Å². The predicted molar refractivity (Wildman–Crippen MR) is 71.2 cm³/mol. The van der Waals surface area contributed by atoms with Crippen molar-refractivity contribution < 1.29 is 13.0 Å². The topological polar surface area (TPSA) is 78.4 Å². The molecule has 1 saturated carbocycles. The Morgan fingerprint density at radius 3 is 1.72 bits per heavy atom. The van der Waals surface area contributed by atoms with E-state index >= 15 is 0 Å². The van der Waals surface area contributed by atoms with Gasteiger partial charge in [-0.3, -0.25) is 4.55 Å². The van der Waals surface area contributed by atoms with Crippen LogP contribution in [-0.4, -0.2) is 39.1 Å². The number of rotatable bonds is 3. The molecule has 3 N–H and O–H groups in total. The van der Waals surface area contributed by atoms with Crippen LogP contribution in [0.5, 0.6) is 0 Å². The molecule has 1 aromatic rings. The SMILES string of the molecule is CNC1CCC1NC.O=S(=O)(O)c1ccccc1. The van der Waals surface area contributed by atoms with Crippen molar-refractivity contribution in [3.8, 4) is 0 Å². The van der Waals surface area contributed by atoms with E-state index in [1.54, 1.807) is 18.2 Å². The summed E-state index contributed by atoms with van der Waals surface area (Å²) in [4.78, 5) is -0.0741. The second-order valence-corrected chi connectivity index (χ2v) is 5.58. The standard InChI is InChI=1S/C6H14N2.C6H6O3S/c1-7-5-3-4-6(5)8-2;7-10(8,9)6-4-2-1-3-5-6/h5-8H,3-4H2,1-2H3;1-5H,(H,7,8,9). The molecule has 0 bridgehead atoms. The fourth-order valence-corrected chi connectivity index (χ4v) is 2.28. The zero-order chi connectivity index (χ0) is 13.6. The second kappa shape index (κ2) is 6.84. The van der Waals surface area contributed by atoms with Crippen LogP contribution in [-0.2, 0) is 10.1 Å². The van der Waals surface area contributed by atoms with Crippen molar-refractivity contribution in [2.45, 2.75) is 29.8 Å². The zero-order valence-corrected chi connectivity index (χ0v) is 11.4. The third kappa shape index (κ3) is 4.38. The van der Waals surface area contributed by atoms with Gasteiger partial charge in [0.2, 0.25) is 0 Å². The molecule has 18 heavy (non-hydrogen) atoms. The maximum absolute atomic E-state index is 10.4. The van der Waals surface area contributed by atoms with E-state index in [0.29, 0.717) is 0 Å². The minimum Gasteiger partial charge on any atom is -0.315 e. The van der Waals surface area contributed by atoms with Crippen LogP contribution in [0.1, 0.15) is 12.8 Å². The van der Waals surface area contributed by atoms with Gasteiger partial charge < -0.3 is 10.6 Å². The van der Waals surface area contributed by atoms with Gasteiger partial charge in [0.15, 0.2) is 0 Å². The number of hydrogen-bond donors (Lipinski definition) is 3. The van der Waals surface area contributed by atoms with Gasteiger partial charge in [-0.2, -0.15) is 8.42 Å². The van der Waals surface area contributed by atoms with E-state index in [4.69, 9.17) is 4.55 Å². The smallest absolute Gasteiger partial charge is 0.294 e. The van der Waals surface area contributed by atoms with E-state index in [2.05, 4.69) is 10.6 Å². The summed E-state index contributed by atoms with van der Waals surface area (Å²) in [5.41, 5.74) is 0. The molecule has 0 amide bonds. The van der Waals surface area contributed by atoms with Gasteiger partial charge in [0, 0.05) is 12.1 Å². The van der Waals surface area contributed by atoms with Gasteiger partial charge >= 0.3 is 0 Å². The molecule has 5 nitrogen and oxygen atoms in total. The largest absolute Gasteiger partial charge is 0.315 e. The Kier molecular flexibility index (Phi) is 5.74. The number of benzene rings is 1. The van der Waals surface area contributed by atoms with Crippen molar-refractivity contribution >= 4 is 10.1 Å². The van der Waals surface area contributed by atoms with E-state index in [0.717, 1.165) is 12.1 Å². The molecule has 0 heterocycles. The van der Waals surface area contributed by atoms with Gasteiger partial charge in [0.1, 0.15) is 0 Å². The lowest BCUT2D eigenvalue weighted by molar-refractivity contribution is 0.264. The van der Waals surface area contributed by atoms with Crippen LogP contribution in [0.4, 0.5) is 0 Å². The molecule has 1 fully saturated rings. The Hall–Kier alpha value is -0.950. The maximum Gasteiger partial charge on any atom is 0.294 e. The summed E-state index contributed by atoms with van der Waals surface area (Å²) < 4.78 is 29.2. The van der Waals surface area contributed by atoms with Gasteiger partial charge in [-0.05, 0) is 39.1 Å². The van der Waals surface area contributed by atoms with E-state index in [9.17, 15) is 8.42 Å². The first-order valence-electron chi connectivity index (χ1n) is 5.86. The highest BCUT2D eigenvalue weighted by atomic mass is 32.2. The fourth-order valence-electron chi connectivity index (χ4n) is 1.78. The summed E-state index contributed by atoms with van der Waals surface area (Å²) >= 11 is 0. The molecule has 0 spiro atoms. The Morgan fingerprint density at radius 1 is 1.06 bits per heavy atom. The van der Waals surface area contributed by atoms with Gasteiger partial charge in [-0.15, -0.1) is 0 Å². The quantitative estimate of drug-likeness (QED) is 0.712. The molecule has 6 heteroatoms. The Labute approximate surface area is 108 Å². The predicted octanol–water partition coefficient (Wildman–Crippen LogP) is 0.889. The molecular weight excluding hydrogens is 252 g/mol. The van der Waals surface area contributed by atoms with E-state index in [-0.39, 0.29) is 4.90 Å². The van der Waals surface area contributed by atoms with Crippen LogP contribution in [0.15, 0.2) is 35.2 Å². The van der Waals surface area contributed by atoms with Crippen molar-refractivity contribution in [1.82, 2.24) is 10.6 Å². The van der Waals surface area contributed by atoms with Crippen LogP contribution >= 0.6 is 0 Å². The molecule has 1 aliphatic rings. The van der Waals surface area contributed by atoms with Crippen LogP contribution in [0.25, 0.3) is 0 Å². The molecule has 2 unspecified atom stereocenters. The van der Waals surface area contributed by atoms with Crippen molar-refractivity contribution in [2.75, 3.05) is 14.1 Å². The number of hydrogen-bond acceptors (Lipinski definition) is 4. The molecule has 0 aliphatic heterocycles. The first kappa shape index (κ1) is 15.1. The molecule has 0 saturated heterocycles. The van der Waals surface area contributed by atoms with Crippen molar-refractivity contribution in [3.63, 3.8) is 0 Å². The van der Waals surface area contributed by atoms with E-state index in [1.165, 1.54) is 25.0 Å². The Morgan fingerprint density at radius 2 is 1.50 bits per heavy atom. The normalized spacial score (nSPS) is 22.6. The molecule has 0 radical (unpaired) electrons. The summed E-state index contributed by atoms with van der Waals surface area (Å²) in [6.07, 6.45) is 2.67. The Balaban J connectivity index is 0.000000184. The van der Waals surface area contributed by atoms with Gasteiger partial charge in [-0.25, -0.2) is 0 Å². The summed E-state index contributed by atoms with van der Waals surface area (Å²) in [6.45, 7) is 0. The van der Waals surface area contributed by atoms with Gasteiger partial charge in [0.25, 0.3) is 10.1 Å². The molecule has 1 aliphatic carbocycles. The highest BCUT2D eigenvalue weighted by Gasteiger charge is 2.26. The van der Waals surface area contributed by atoms with Crippen molar-refractivity contribution in [3.05, 3.63) is 30.3 Å². The molecule has 1 aromatic carbocycles. The van der Waals surface area contributed by atoms with Crippen molar-refractivity contribution in [1.29, 1.82) is 0 Å². The minimum atomic E-state index is -4.00. The lowest BCUT2D eigenvalue weighted by Gasteiger charge is -2.35. The average molecular weight is 272 g/mol. The number of likely N-dealkylation sites (N-methyl/N-ethyl adjacent to an activating group) is 2. The highest BCUT2D eigenvalue weighted by Crippen LogP contribution is 2.18. The zero-order valence-electron chi connectivity index (χ0n) is 10.6. The van der Waals surface area contributed by atoms with E-state index in [1.807, 2.05) is 14.1 Å². The number of nitrogens with one attached hydrogen (secondary N) is 2. The monoisotopic (exact) mass is 272 g/mol. The lowest BCUT2D eigenvalue weighted by atomic mass is 9.87. The van der Waals surface area contributed by atoms with Gasteiger partial charge in [-0.1, -0.05) is 18.2 Å². The molecule has 102 valence electrons. The van der Waals surface area contributed by atoms with Crippen LogP contribution in [0.2, 0.25) is 0 Å². The second-order valence-electron chi connectivity index (χ2n) is 4.16. The Bertz CT molecular complexity index is 434. The summed E-state index contributed by atoms with van der Waals surface area (Å²) in [5.74, 6) is 0. The third-order valence-electron chi connectivity index (χ3n) is 3.06. The minimum absolute atomic E-state index is 0.0741. The first-order valence-corrected chi connectivity index (χ1v) is 7.30.